The normalized spacial score (nSPS) is 23.0. The monoisotopic (exact) mass is 211 g/mol. The number of nitrogens with one attached hydrogen (secondary N) is 1. The molecule has 1 aliphatic carbocycles. The Hall–Kier alpha value is -0.0400. The molecule has 1 fully saturated rings. The molecular weight excluding hydrogens is 182 g/mol. The van der Waals surface area contributed by atoms with Crippen LogP contribution in [0.5, 0.6) is 0 Å². The summed E-state index contributed by atoms with van der Waals surface area (Å²) in [5.41, 5.74) is 0.452. The average molecular weight is 211 g/mol. The predicted octanol–water partition coefficient (Wildman–Crippen LogP) is 3.84. The summed E-state index contributed by atoms with van der Waals surface area (Å²) in [5, 5.41) is 3.55. The first-order chi connectivity index (χ1) is 6.95. The lowest BCUT2D eigenvalue weighted by molar-refractivity contribution is 0.202. The molecule has 1 nitrogen and oxygen atoms in total. The Morgan fingerprint density at radius 1 is 1.20 bits per heavy atom. The fourth-order valence-electron chi connectivity index (χ4n) is 2.64. The van der Waals surface area contributed by atoms with E-state index in [-0.39, 0.29) is 0 Å². The van der Waals surface area contributed by atoms with E-state index < -0.39 is 0 Å². The van der Waals surface area contributed by atoms with Crippen molar-refractivity contribution in [3.05, 3.63) is 0 Å². The molecule has 0 radical (unpaired) electrons. The smallest absolute Gasteiger partial charge is 0.00950 e. The number of rotatable bonds is 4. The summed E-state index contributed by atoms with van der Waals surface area (Å²) in [4.78, 5) is 0. The van der Waals surface area contributed by atoms with Crippen molar-refractivity contribution < 1.29 is 0 Å². The minimum atomic E-state index is 0.452. The van der Waals surface area contributed by atoms with Crippen molar-refractivity contribution in [3.63, 3.8) is 0 Å². The van der Waals surface area contributed by atoms with E-state index in [0.29, 0.717) is 5.41 Å². The molecule has 0 heterocycles. The Labute approximate surface area is 96.0 Å². The van der Waals surface area contributed by atoms with Crippen LogP contribution >= 0.6 is 0 Å². The van der Waals surface area contributed by atoms with E-state index in [1.807, 2.05) is 0 Å². The Balaban J connectivity index is 2.45. The molecule has 0 aliphatic heterocycles. The van der Waals surface area contributed by atoms with Crippen LogP contribution in [0.15, 0.2) is 0 Å². The highest BCUT2D eigenvalue weighted by atomic mass is 14.9. The standard InChI is InChI=1S/C14H29N/c1-11(14(2,3)4)10-13(15-5)12-8-6-7-9-12/h11-13,15H,6-10H2,1-5H3. The minimum Gasteiger partial charge on any atom is -0.317 e. The molecular formula is C14H29N. The molecule has 0 bridgehead atoms. The van der Waals surface area contributed by atoms with Gasteiger partial charge in [-0.05, 0) is 43.6 Å². The molecule has 2 atom stereocenters. The first kappa shape index (κ1) is 13.0. The van der Waals surface area contributed by atoms with Crippen molar-refractivity contribution in [1.82, 2.24) is 5.32 Å². The van der Waals surface area contributed by atoms with Crippen molar-refractivity contribution in [2.45, 2.75) is 65.8 Å². The summed E-state index contributed by atoms with van der Waals surface area (Å²) in [6.07, 6.45) is 7.13. The van der Waals surface area contributed by atoms with E-state index in [9.17, 15) is 0 Å². The summed E-state index contributed by atoms with van der Waals surface area (Å²) in [6.45, 7) is 9.48. The van der Waals surface area contributed by atoms with Gasteiger partial charge in [-0.1, -0.05) is 40.5 Å². The molecule has 1 heteroatoms. The van der Waals surface area contributed by atoms with Crippen molar-refractivity contribution in [2.75, 3.05) is 7.05 Å². The van der Waals surface area contributed by atoms with Crippen LogP contribution in [0.25, 0.3) is 0 Å². The maximum Gasteiger partial charge on any atom is 0.00950 e. The van der Waals surface area contributed by atoms with Crippen LogP contribution in [0.2, 0.25) is 0 Å². The van der Waals surface area contributed by atoms with Crippen LogP contribution in [0, 0.1) is 17.3 Å². The fraction of sp³-hybridized carbons (Fsp3) is 1.00. The van der Waals surface area contributed by atoms with Gasteiger partial charge in [0.2, 0.25) is 0 Å². The average Bonchev–Trinajstić information content (AvgIpc) is 2.64. The highest BCUT2D eigenvalue weighted by Crippen LogP contribution is 2.34. The molecule has 1 saturated carbocycles. The van der Waals surface area contributed by atoms with Crippen LogP contribution in [0.1, 0.15) is 59.8 Å². The molecule has 15 heavy (non-hydrogen) atoms. The molecule has 2 unspecified atom stereocenters. The van der Waals surface area contributed by atoms with E-state index in [1.54, 1.807) is 0 Å². The quantitative estimate of drug-likeness (QED) is 0.745. The first-order valence-corrected chi connectivity index (χ1v) is 6.62. The van der Waals surface area contributed by atoms with Crippen molar-refractivity contribution in [3.8, 4) is 0 Å². The van der Waals surface area contributed by atoms with E-state index in [2.05, 4.69) is 40.1 Å². The highest BCUT2D eigenvalue weighted by Gasteiger charge is 2.28. The summed E-state index contributed by atoms with van der Waals surface area (Å²) >= 11 is 0. The Morgan fingerprint density at radius 2 is 1.73 bits per heavy atom. The van der Waals surface area contributed by atoms with Crippen molar-refractivity contribution in [1.29, 1.82) is 0 Å². The zero-order chi connectivity index (χ0) is 11.5. The second kappa shape index (κ2) is 5.34. The maximum absolute atomic E-state index is 3.55. The predicted molar refractivity (Wildman–Crippen MR) is 68.0 cm³/mol. The molecule has 1 rings (SSSR count). The molecule has 90 valence electrons. The molecule has 0 spiro atoms. The SMILES string of the molecule is CNC(CC(C)C(C)(C)C)C1CCCC1. The van der Waals surface area contributed by atoms with Crippen molar-refractivity contribution >= 4 is 0 Å². The highest BCUT2D eigenvalue weighted by molar-refractivity contribution is 4.83. The lowest BCUT2D eigenvalue weighted by atomic mass is 9.76. The number of hydrogen-bond donors (Lipinski definition) is 1. The lowest BCUT2D eigenvalue weighted by Crippen LogP contribution is -2.36. The van der Waals surface area contributed by atoms with Gasteiger partial charge in [0, 0.05) is 6.04 Å². The molecule has 0 aromatic carbocycles. The lowest BCUT2D eigenvalue weighted by Gasteiger charge is -2.33. The van der Waals surface area contributed by atoms with Crippen molar-refractivity contribution in [2.24, 2.45) is 17.3 Å². The first-order valence-electron chi connectivity index (χ1n) is 6.62. The summed E-state index contributed by atoms with van der Waals surface area (Å²) < 4.78 is 0. The third-order valence-corrected chi connectivity index (χ3v) is 4.43. The van der Waals surface area contributed by atoms with E-state index in [4.69, 9.17) is 0 Å². The van der Waals surface area contributed by atoms with Crippen LogP contribution in [-0.4, -0.2) is 13.1 Å². The van der Waals surface area contributed by atoms with Gasteiger partial charge in [-0.2, -0.15) is 0 Å². The zero-order valence-corrected chi connectivity index (χ0v) is 11.3. The Morgan fingerprint density at radius 3 is 2.13 bits per heavy atom. The van der Waals surface area contributed by atoms with E-state index in [1.165, 1.54) is 32.1 Å². The van der Waals surface area contributed by atoms with Crippen LogP contribution in [-0.2, 0) is 0 Å². The van der Waals surface area contributed by atoms with Crippen LogP contribution < -0.4 is 5.32 Å². The van der Waals surface area contributed by atoms with Gasteiger partial charge in [0.05, 0.1) is 0 Å². The molecule has 0 aromatic rings. The largest absolute Gasteiger partial charge is 0.317 e. The summed E-state index contributed by atoms with van der Waals surface area (Å²) in [5.74, 6) is 1.75. The minimum absolute atomic E-state index is 0.452. The van der Waals surface area contributed by atoms with Gasteiger partial charge >= 0.3 is 0 Å². The third kappa shape index (κ3) is 3.79. The van der Waals surface area contributed by atoms with Gasteiger partial charge in [0.1, 0.15) is 0 Å². The molecule has 1 N–H and O–H groups in total. The van der Waals surface area contributed by atoms with Gasteiger partial charge in [-0.3, -0.25) is 0 Å². The molecule has 1 aliphatic rings. The zero-order valence-electron chi connectivity index (χ0n) is 11.3. The van der Waals surface area contributed by atoms with Gasteiger partial charge < -0.3 is 5.32 Å². The molecule has 0 amide bonds. The van der Waals surface area contributed by atoms with Gasteiger partial charge in [-0.25, -0.2) is 0 Å². The number of hydrogen-bond acceptors (Lipinski definition) is 1. The molecule has 0 aromatic heterocycles. The second-order valence-electron chi connectivity index (χ2n) is 6.44. The second-order valence-corrected chi connectivity index (χ2v) is 6.44. The fourth-order valence-corrected chi connectivity index (χ4v) is 2.64. The summed E-state index contributed by atoms with van der Waals surface area (Å²) in [7, 11) is 2.14. The van der Waals surface area contributed by atoms with Crippen LogP contribution in [0.4, 0.5) is 0 Å². The van der Waals surface area contributed by atoms with Crippen LogP contribution in [0.3, 0.4) is 0 Å². The van der Waals surface area contributed by atoms with E-state index in [0.717, 1.165) is 17.9 Å². The summed E-state index contributed by atoms with van der Waals surface area (Å²) in [6, 6.07) is 0.752. The Bertz CT molecular complexity index is 174. The van der Waals surface area contributed by atoms with Gasteiger partial charge in [-0.15, -0.1) is 0 Å². The molecule has 0 saturated heterocycles. The Kier molecular flexibility index (Phi) is 4.64. The van der Waals surface area contributed by atoms with E-state index >= 15 is 0 Å². The van der Waals surface area contributed by atoms with Gasteiger partial charge in [0.25, 0.3) is 0 Å². The third-order valence-electron chi connectivity index (χ3n) is 4.43. The topological polar surface area (TPSA) is 12.0 Å². The van der Waals surface area contributed by atoms with Gasteiger partial charge in [0.15, 0.2) is 0 Å². The maximum atomic E-state index is 3.55.